The molecule has 0 spiro atoms. The van der Waals surface area contributed by atoms with Crippen LogP contribution in [0.1, 0.15) is 27.2 Å². The van der Waals surface area contributed by atoms with E-state index in [2.05, 4.69) is 31.1 Å². The van der Waals surface area contributed by atoms with Gasteiger partial charge in [-0.2, -0.15) is 0 Å². The molecule has 11 heavy (non-hydrogen) atoms. The molecule has 1 heterocycles. The van der Waals surface area contributed by atoms with Gasteiger partial charge >= 0.3 is 0 Å². The second-order valence-corrected chi connectivity index (χ2v) is 4.15. The molecule has 2 nitrogen and oxygen atoms in total. The van der Waals surface area contributed by atoms with Gasteiger partial charge in [-0.25, -0.2) is 0 Å². The van der Waals surface area contributed by atoms with E-state index in [1.807, 2.05) is 12.4 Å². The molecule has 1 aliphatic rings. The summed E-state index contributed by atoms with van der Waals surface area (Å²) in [6.07, 6.45) is 6.77. The molecule has 1 rings (SSSR count). The number of hydrogen-bond donors (Lipinski definition) is 1. The lowest BCUT2D eigenvalue weighted by molar-refractivity contribution is 0.356. The second kappa shape index (κ2) is 3.07. The van der Waals surface area contributed by atoms with Gasteiger partial charge in [0.15, 0.2) is 0 Å². The lowest BCUT2D eigenvalue weighted by Crippen LogP contribution is -2.31. The van der Waals surface area contributed by atoms with Gasteiger partial charge in [0.05, 0.1) is 6.04 Å². The van der Waals surface area contributed by atoms with Crippen LogP contribution in [-0.4, -0.2) is 12.3 Å². The van der Waals surface area contributed by atoms with Crippen LogP contribution in [0.25, 0.3) is 0 Å². The maximum atomic E-state index is 4.07. The molecule has 0 aromatic rings. The fourth-order valence-corrected chi connectivity index (χ4v) is 1.18. The lowest BCUT2D eigenvalue weighted by Gasteiger charge is -2.24. The number of nitrogens with one attached hydrogen (secondary N) is 1. The highest BCUT2D eigenvalue weighted by molar-refractivity contribution is 5.66. The normalized spacial score (nSPS) is 23.4. The summed E-state index contributed by atoms with van der Waals surface area (Å²) in [5, 5.41) is 3.25. The van der Waals surface area contributed by atoms with E-state index in [9.17, 15) is 0 Å². The molecular formula is C9H16N2. The maximum absolute atomic E-state index is 4.07. The molecule has 62 valence electrons. The standard InChI is InChI=1S/C9H16N2/c1-9(2,3)6-8-7-10-4-5-11-8/h4-5,7-8,11H,6H2,1-3H3. The Hall–Kier alpha value is -0.790. The molecule has 1 N–H and O–H groups in total. The predicted molar refractivity (Wildman–Crippen MR) is 48.6 cm³/mol. The molecule has 1 unspecified atom stereocenters. The van der Waals surface area contributed by atoms with Crippen molar-refractivity contribution in [3.8, 4) is 0 Å². The van der Waals surface area contributed by atoms with Gasteiger partial charge in [0, 0.05) is 18.6 Å². The molecule has 0 fully saturated rings. The smallest absolute Gasteiger partial charge is 0.0616 e. The Bertz CT molecular complexity index is 174. The van der Waals surface area contributed by atoms with Gasteiger partial charge in [-0.15, -0.1) is 0 Å². The average Bonchev–Trinajstić information content (AvgIpc) is 1.85. The Morgan fingerprint density at radius 3 is 2.64 bits per heavy atom. The van der Waals surface area contributed by atoms with Crippen molar-refractivity contribution in [2.75, 3.05) is 0 Å². The highest BCUT2D eigenvalue weighted by atomic mass is 14.9. The molecule has 0 radical (unpaired) electrons. The number of rotatable bonds is 1. The van der Waals surface area contributed by atoms with Gasteiger partial charge in [-0.05, 0) is 11.8 Å². The minimum Gasteiger partial charge on any atom is -0.382 e. The topological polar surface area (TPSA) is 24.4 Å². The van der Waals surface area contributed by atoms with Gasteiger partial charge < -0.3 is 5.32 Å². The molecule has 1 aliphatic heterocycles. The van der Waals surface area contributed by atoms with Gasteiger partial charge in [-0.1, -0.05) is 20.8 Å². The molecule has 0 saturated heterocycles. The van der Waals surface area contributed by atoms with Gasteiger partial charge in [0.2, 0.25) is 0 Å². The first-order valence-corrected chi connectivity index (χ1v) is 4.02. The molecule has 0 aromatic heterocycles. The van der Waals surface area contributed by atoms with Crippen molar-refractivity contribution < 1.29 is 0 Å². The molecule has 0 saturated carbocycles. The van der Waals surface area contributed by atoms with Crippen LogP contribution in [0.4, 0.5) is 0 Å². The molecule has 0 amide bonds. The van der Waals surface area contributed by atoms with Crippen LogP contribution in [0, 0.1) is 5.41 Å². The molecule has 2 heteroatoms. The fourth-order valence-electron chi connectivity index (χ4n) is 1.18. The molecule has 0 aliphatic carbocycles. The molecular weight excluding hydrogens is 136 g/mol. The van der Waals surface area contributed by atoms with Gasteiger partial charge in [0.1, 0.15) is 0 Å². The largest absolute Gasteiger partial charge is 0.382 e. The summed E-state index contributed by atoms with van der Waals surface area (Å²) < 4.78 is 0. The zero-order chi connectivity index (χ0) is 8.32. The molecule has 1 atom stereocenters. The molecule has 0 aromatic carbocycles. The Kier molecular flexibility index (Phi) is 2.32. The van der Waals surface area contributed by atoms with Crippen LogP contribution in [0.5, 0.6) is 0 Å². The Morgan fingerprint density at radius 1 is 1.45 bits per heavy atom. The summed E-state index contributed by atoms with van der Waals surface area (Å²) in [6.45, 7) is 6.71. The van der Waals surface area contributed by atoms with Gasteiger partial charge in [0.25, 0.3) is 0 Å². The van der Waals surface area contributed by atoms with Crippen molar-refractivity contribution in [3.05, 3.63) is 12.4 Å². The van der Waals surface area contributed by atoms with E-state index in [1.54, 1.807) is 6.20 Å². The van der Waals surface area contributed by atoms with Crippen molar-refractivity contribution in [1.29, 1.82) is 0 Å². The summed E-state index contributed by atoms with van der Waals surface area (Å²) in [5.41, 5.74) is 0.370. The Labute approximate surface area is 68.4 Å². The minimum atomic E-state index is 0.370. The van der Waals surface area contributed by atoms with Crippen molar-refractivity contribution in [2.24, 2.45) is 10.4 Å². The first-order valence-electron chi connectivity index (χ1n) is 4.02. The SMILES string of the molecule is CC(C)(C)CC1C=NC=CN1. The Balaban J connectivity index is 2.39. The Morgan fingerprint density at radius 2 is 2.18 bits per heavy atom. The van der Waals surface area contributed by atoms with Crippen LogP contribution in [0.15, 0.2) is 17.4 Å². The average molecular weight is 152 g/mol. The van der Waals surface area contributed by atoms with Crippen LogP contribution in [0.3, 0.4) is 0 Å². The zero-order valence-corrected chi connectivity index (χ0v) is 7.46. The number of aliphatic imine (C=N–C) groups is 1. The quantitative estimate of drug-likeness (QED) is 0.610. The van der Waals surface area contributed by atoms with E-state index in [0.29, 0.717) is 11.5 Å². The van der Waals surface area contributed by atoms with E-state index in [-0.39, 0.29) is 0 Å². The van der Waals surface area contributed by atoms with Crippen LogP contribution >= 0.6 is 0 Å². The summed E-state index contributed by atoms with van der Waals surface area (Å²) in [5.74, 6) is 0. The second-order valence-electron chi connectivity index (χ2n) is 4.15. The van der Waals surface area contributed by atoms with Gasteiger partial charge in [-0.3, -0.25) is 4.99 Å². The maximum Gasteiger partial charge on any atom is 0.0616 e. The van der Waals surface area contributed by atoms with Crippen LogP contribution in [0.2, 0.25) is 0 Å². The van der Waals surface area contributed by atoms with E-state index in [0.717, 1.165) is 6.42 Å². The first-order chi connectivity index (χ1) is 5.08. The summed E-state index contributed by atoms with van der Waals surface area (Å²) in [7, 11) is 0. The van der Waals surface area contributed by atoms with Crippen LogP contribution < -0.4 is 5.32 Å². The lowest BCUT2D eigenvalue weighted by atomic mass is 9.88. The third-order valence-electron chi connectivity index (χ3n) is 1.57. The summed E-state index contributed by atoms with van der Waals surface area (Å²) in [4.78, 5) is 4.07. The third kappa shape index (κ3) is 3.21. The van der Waals surface area contributed by atoms with E-state index in [1.165, 1.54) is 0 Å². The number of nitrogens with zero attached hydrogens (tertiary/aromatic N) is 1. The fraction of sp³-hybridized carbons (Fsp3) is 0.667. The van der Waals surface area contributed by atoms with E-state index >= 15 is 0 Å². The highest BCUT2D eigenvalue weighted by Crippen LogP contribution is 2.20. The third-order valence-corrected chi connectivity index (χ3v) is 1.57. The number of hydrogen-bond acceptors (Lipinski definition) is 2. The van der Waals surface area contributed by atoms with E-state index in [4.69, 9.17) is 0 Å². The van der Waals surface area contributed by atoms with E-state index < -0.39 is 0 Å². The monoisotopic (exact) mass is 152 g/mol. The predicted octanol–water partition coefficient (Wildman–Crippen LogP) is 1.94. The summed E-state index contributed by atoms with van der Waals surface area (Å²) in [6, 6.07) is 0.417. The van der Waals surface area contributed by atoms with Crippen molar-refractivity contribution in [3.63, 3.8) is 0 Å². The van der Waals surface area contributed by atoms with Crippen molar-refractivity contribution in [2.45, 2.75) is 33.2 Å². The highest BCUT2D eigenvalue weighted by Gasteiger charge is 2.16. The van der Waals surface area contributed by atoms with Crippen molar-refractivity contribution >= 4 is 6.21 Å². The summed E-state index contributed by atoms with van der Waals surface area (Å²) >= 11 is 0. The van der Waals surface area contributed by atoms with Crippen molar-refractivity contribution in [1.82, 2.24) is 5.32 Å². The first kappa shape index (κ1) is 8.31. The minimum absolute atomic E-state index is 0.370. The zero-order valence-electron chi connectivity index (χ0n) is 7.46. The van der Waals surface area contributed by atoms with Crippen LogP contribution in [-0.2, 0) is 0 Å². The molecule has 0 bridgehead atoms.